The van der Waals surface area contributed by atoms with Crippen molar-refractivity contribution in [2.24, 2.45) is 0 Å². The Kier molecular flexibility index (Phi) is 14.7. The molecule has 0 amide bonds. The van der Waals surface area contributed by atoms with E-state index in [9.17, 15) is 4.79 Å². The molecule has 0 aromatic heterocycles. The molecular weight excluding hydrogens is 415 g/mol. The van der Waals surface area contributed by atoms with Gasteiger partial charge in [0.25, 0.3) is 0 Å². The van der Waals surface area contributed by atoms with E-state index in [1.54, 1.807) is 6.08 Å². The van der Waals surface area contributed by atoms with Crippen LogP contribution in [0, 0.1) is 0 Å². The summed E-state index contributed by atoms with van der Waals surface area (Å²) < 4.78 is 10.9. The number of rotatable bonds is 14. The van der Waals surface area contributed by atoms with Crippen LogP contribution in [0.4, 0.5) is 0 Å². The Labute approximate surface area is 161 Å². The predicted octanol–water partition coefficient (Wildman–Crippen LogP) is 7.29. The van der Waals surface area contributed by atoms with Crippen LogP contribution in [-0.2, 0) is 9.53 Å². The third-order valence-corrected chi connectivity index (χ3v) is 20.4. The van der Waals surface area contributed by atoms with Gasteiger partial charge in [-0.25, -0.2) is 0 Å². The van der Waals surface area contributed by atoms with E-state index < -0.39 is 18.4 Å². The van der Waals surface area contributed by atoms with E-state index in [0.29, 0.717) is 6.61 Å². The summed E-state index contributed by atoms with van der Waals surface area (Å²) in [4.78, 5) is 11.7. The fourth-order valence-corrected chi connectivity index (χ4v) is 20.2. The van der Waals surface area contributed by atoms with Crippen LogP contribution >= 0.6 is 0 Å². The molecule has 0 aliphatic heterocycles. The molecule has 0 N–H and O–H groups in total. The van der Waals surface area contributed by atoms with Gasteiger partial charge in [0, 0.05) is 0 Å². The van der Waals surface area contributed by atoms with Gasteiger partial charge in [-0.3, -0.25) is 0 Å². The standard InChI is InChI=1S/C10H15O2.3C4H9.Sn/c1-5-12-10(11)7-6-9(4)8(2)3;3*1-3-4-2;/h6-7H,4-5H2,1-3H3;3*1,3-4H2,2H3;/b7-6-;;;;. The summed E-state index contributed by atoms with van der Waals surface area (Å²) in [6.07, 6.45) is 11.8. The van der Waals surface area contributed by atoms with Crippen molar-refractivity contribution in [3.8, 4) is 0 Å². The molecule has 0 aromatic carbocycles. The maximum absolute atomic E-state index is 11.7. The van der Waals surface area contributed by atoms with Gasteiger partial charge in [0.1, 0.15) is 0 Å². The van der Waals surface area contributed by atoms with E-state index in [-0.39, 0.29) is 5.97 Å². The summed E-state index contributed by atoms with van der Waals surface area (Å²) >= 11 is -2.22. The Morgan fingerprint density at radius 3 is 1.68 bits per heavy atom. The third-order valence-electron chi connectivity index (χ3n) is 5.10. The molecule has 146 valence electrons. The fourth-order valence-electron chi connectivity index (χ4n) is 3.46. The molecule has 0 aliphatic carbocycles. The Bertz CT molecular complexity index is 398. The molecule has 0 aromatic rings. The Balaban J connectivity index is 5.41. The van der Waals surface area contributed by atoms with Gasteiger partial charge in [-0.05, 0) is 0 Å². The van der Waals surface area contributed by atoms with Gasteiger partial charge < -0.3 is 0 Å². The first-order chi connectivity index (χ1) is 11.9. The fraction of sp³-hybridized carbons (Fsp3) is 0.773. The monoisotopic (exact) mass is 458 g/mol. The minimum absolute atomic E-state index is 0.210. The molecule has 0 spiro atoms. The molecule has 0 atom stereocenters. The first kappa shape index (κ1) is 24.7. The molecule has 3 heteroatoms. The second kappa shape index (κ2) is 14.9. The maximum atomic E-state index is 11.7. The summed E-state index contributed by atoms with van der Waals surface area (Å²) in [5, 5.41) is 0. The first-order valence-electron chi connectivity index (χ1n) is 10.5. The van der Waals surface area contributed by atoms with E-state index in [0.717, 1.165) is 0 Å². The van der Waals surface area contributed by atoms with Crippen molar-refractivity contribution in [3.05, 3.63) is 23.3 Å². The Morgan fingerprint density at radius 1 is 0.840 bits per heavy atom. The number of carbonyl (C=O) groups excluding carboxylic acids is 1. The van der Waals surface area contributed by atoms with Crippen LogP contribution in [-0.4, -0.2) is 31.0 Å². The van der Waals surface area contributed by atoms with Crippen LogP contribution in [0.5, 0.6) is 0 Å². The number of hydrogen-bond acceptors (Lipinski definition) is 2. The first-order valence-corrected chi connectivity index (χ1v) is 18.5. The van der Waals surface area contributed by atoms with E-state index in [1.165, 1.54) is 67.4 Å². The Hall–Kier alpha value is -0.251. The third kappa shape index (κ3) is 11.1. The topological polar surface area (TPSA) is 26.3 Å². The SMILES string of the molecule is CCC[CH2][Sn]([CH2]CCC)([CH2]CCC)[CH2]C(/C=C\C(=O)OCC)=C(C)C. The molecule has 0 saturated heterocycles. The van der Waals surface area contributed by atoms with Crippen molar-refractivity contribution in [2.75, 3.05) is 6.61 Å². The van der Waals surface area contributed by atoms with Crippen molar-refractivity contribution in [1.29, 1.82) is 0 Å². The molecule has 0 heterocycles. The molecule has 2 nitrogen and oxygen atoms in total. The molecular formula is C22H42O2Sn. The van der Waals surface area contributed by atoms with E-state index in [2.05, 4.69) is 40.7 Å². The van der Waals surface area contributed by atoms with Crippen molar-refractivity contribution in [2.45, 2.75) is 97.8 Å². The molecule has 0 bridgehead atoms. The molecule has 0 saturated carbocycles. The van der Waals surface area contributed by atoms with Crippen molar-refractivity contribution in [3.63, 3.8) is 0 Å². The molecule has 0 fully saturated rings. The zero-order chi connectivity index (χ0) is 19.1. The zero-order valence-corrected chi connectivity index (χ0v) is 20.6. The Morgan fingerprint density at radius 2 is 1.32 bits per heavy atom. The number of allylic oxidation sites excluding steroid dienone is 3. The van der Waals surface area contributed by atoms with E-state index in [4.69, 9.17) is 4.74 Å². The van der Waals surface area contributed by atoms with Crippen molar-refractivity contribution < 1.29 is 9.53 Å². The van der Waals surface area contributed by atoms with Gasteiger partial charge in [-0.1, -0.05) is 0 Å². The van der Waals surface area contributed by atoms with E-state index >= 15 is 0 Å². The van der Waals surface area contributed by atoms with Gasteiger partial charge >= 0.3 is 162 Å². The molecule has 0 rings (SSSR count). The minimum atomic E-state index is -2.22. The summed E-state index contributed by atoms with van der Waals surface area (Å²) in [5.74, 6) is -0.210. The summed E-state index contributed by atoms with van der Waals surface area (Å²) in [6.45, 7) is 13.6. The molecule has 0 unspecified atom stereocenters. The number of carbonyl (C=O) groups is 1. The second-order valence-electron chi connectivity index (χ2n) is 7.60. The summed E-state index contributed by atoms with van der Waals surface area (Å²) in [7, 11) is 0. The van der Waals surface area contributed by atoms with Crippen LogP contribution in [0.2, 0.25) is 17.7 Å². The number of ether oxygens (including phenoxy) is 1. The van der Waals surface area contributed by atoms with Crippen LogP contribution in [0.3, 0.4) is 0 Å². The quantitative estimate of drug-likeness (QED) is 0.119. The average Bonchev–Trinajstić information content (AvgIpc) is 2.59. The molecule has 0 aliphatic rings. The van der Waals surface area contributed by atoms with Crippen LogP contribution in [0.15, 0.2) is 23.3 Å². The van der Waals surface area contributed by atoms with Crippen molar-refractivity contribution >= 4 is 24.3 Å². The molecule has 0 radical (unpaired) electrons. The van der Waals surface area contributed by atoms with Gasteiger partial charge in [-0.15, -0.1) is 0 Å². The van der Waals surface area contributed by atoms with Crippen LogP contribution in [0.1, 0.15) is 80.1 Å². The van der Waals surface area contributed by atoms with Gasteiger partial charge in [0.2, 0.25) is 0 Å². The number of hydrogen-bond donors (Lipinski definition) is 0. The molecule has 25 heavy (non-hydrogen) atoms. The van der Waals surface area contributed by atoms with Crippen LogP contribution in [0.25, 0.3) is 0 Å². The second-order valence-corrected chi connectivity index (χ2v) is 21.5. The average molecular weight is 457 g/mol. The normalized spacial score (nSPS) is 11.8. The van der Waals surface area contributed by atoms with Crippen molar-refractivity contribution in [1.82, 2.24) is 0 Å². The van der Waals surface area contributed by atoms with Gasteiger partial charge in [0.15, 0.2) is 0 Å². The van der Waals surface area contributed by atoms with Gasteiger partial charge in [0.05, 0.1) is 0 Å². The van der Waals surface area contributed by atoms with E-state index in [1.807, 2.05) is 6.92 Å². The summed E-state index contributed by atoms with van der Waals surface area (Å²) in [5.41, 5.74) is 2.78. The number of esters is 1. The predicted molar refractivity (Wildman–Crippen MR) is 114 cm³/mol. The van der Waals surface area contributed by atoms with Crippen LogP contribution < -0.4 is 0 Å². The summed E-state index contributed by atoms with van der Waals surface area (Å²) in [6, 6.07) is 0. The zero-order valence-electron chi connectivity index (χ0n) is 17.7. The van der Waals surface area contributed by atoms with Gasteiger partial charge in [-0.2, -0.15) is 0 Å². The number of unbranched alkanes of at least 4 members (excludes halogenated alkanes) is 3.